The van der Waals surface area contributed by atoms with E-state index in [1.807, 2.05) is 24.3 Å². The molecule has 0 atom stereocenters. The second kappa shape index (κ2) is 14.7. The van der Waals surface area contributed by atoms with Gasteiger partial charge in [0.05, 0.1) is 22.1 Å². The van der Waals surface area contributed by atoms with Crippen LogP contribution in [0.4, 0.5) is 0 Å². The monoisotopic (exact) mass is 791 g/mol. The second-order valence-corrected chi connectivity index (χ2v) is 15.6. The Balaban J connectivity index is 1.18. The molecule has 0 amide bonds. The molecular weight excluding hydrogens is 755 g/mol. The first kappa shape index (κ1) is 35.5. The number of nitrogens with zero attached hydrogens (tertiary/aromatic N) is 5. The molecule has 3 aromatic heterocycles. The zero-order valence-electron chi connectivity index (χ0n) is 33.6. The SMILES string of the molecule is c1ccc(-c2ccc(-c3nc(-c4ccccc4)nc(-n4c5ccccc5c5c(-c6ccccc6)c6c7ccccc7n(-c7cccc(-c8ccccc8)c7)c6cc54)n3)cc2)cc1. The lowest BCUT2D eigenvalue weighted by atomic mass is 9.94. The predicted octanol–water partition coefficient (Wildman–Crippen LogP) is 14.4. The summed E-state index contributed by atoms with van der Waals surface area (Å²) >= 11 is 0. The van der Waals surface area contributed by atoms with Gasteiger partial charge in [-0.15, -0.1) is 0 Å². The van der Waals surface area contributed by atoms with Crippen molar-refractivity contribution in [2.24, 2.45) is 0 Å². The van der Waals surface area contributed by atoms with E-state index >= 15 is 0 Å². The first-order chi connectivity index (χ1) is 30.8. The summed E-state index contributed by atoms with van der Waals surface area (Å²) in [5.41, 5.74) is 14.2. The fourth-order valence-corrected chi connectivity index (χ4v) is 9.17. The first-order valence-corrected chi connectivity index (χ1v) is 21.0. The summed E-state index contributed by atoms with van der Waals surface area (Å²) < 4.78 is 4.67. The number of para-hydroxylation sites is 2. The number of hydrogen-bond acceptors (Lipinski definition) is 3. The molecule has 5 nitrogen and oxygen atoms in total. The zero-order chi connectivity index (χ0) is 41.0. The standard InChI is InChI=1S/C57H37N5/c1-5-18-38(19-6-1)40-32-34-43(35-33-40)56-58-55(42-24-11-4-12-25-42)59-57(60-56)62-49-31-16-14-29-47(49)54-51(62)37-50-53(52(54)41-22-9-3-10-23-41)46-28-13-15-30-48(46)61(50)45-27-17-26-44(36-45)39-20-7-2-8-21-39/h1-37H. The second-order valence-electron chi connectivity index (χ2n) is 15.6. The topological polar surface area (TPSA) is 48.5 Å². The van der Waals surface area contributed by atoms with Crippen LogP contribution in [-0.4, -0.2) is 24.1 Å². The highest BCUT2D eigenvalue weighted by Gasteiger charge is 2.25. The van der Waals surface area contributed by atoms with Crippen LogP contribution in [0.2, 0.25) is 0 Å². The number of rotatable bonds is 7. The van der Waals surface area contributed by atoms with Gasteiger partial charge in [-0.1, -0.05) is 194 Å². The van der Waals surface area contributed by atoms with Crippen molar-refractivity contribution in [2.75, 3.05) is 0 Å². The molecule has 0 bridgehead atoms. The van der Waals surface area contributed by atoms with Crippen molar-refractivity contribution in [3.05, 3.63) is 224 Å². The highest BCUT2D eigenvalue weighted by atomic mass is 15.2. The third-order valence-electron chi connectivity index (χ3n) is 12.0. The van der Waals surface area contributed by atoms with Crippen LogP contribution in [0, 0.1) is 0 Å². The van der Waals surface area contributed by atoms with E-state index in [0.29, 0.717) is 17.6 Å². The number of aromatic nitrogens is 5. The van der Waals surface area contributed by atoms with E-state index in [2.05, 4.69) is 209 Å². The van der Waals surface area contributed by atoms with E-state index in [1.54, 1.807) is 0 Å². The lowest BCUT2D eigenvalue weighted by Crippen LogP contribution is -2.06. The summed E-state index contributed by atoms with van der Waals surface area (Å²) in [5, 5.41) is 4.67. The van der Waals surface area contributed by atoms with E-state index < -0.39 is 0 Å². The molecule has 0 aliphatic heterocycles. The van der Waals surface area contributed by atoms with Gasteiger partial charge in [-0.25, -0.2) is 4.98 Å². The third-order valence-corrected chi connectivity index (χ3v) is 12.0. The minimum Gasteiger partial charge on any atom is -0.309 e. The van der Waals surface area contributed by atoms with E-state index in [1.165, 1.54) is 21.9 Å². The maximum atomic E-state index is 5.36. The zero-order valence-corrected chi connectivity index (χ0v) is 33.6. The predicted molar refractivity (Wildman–Crippen MR) is 256 cm³/mol. The van der Waals surface area contributed by atoms with Gasteiger partial charge < -0.3 is 4.57 Å². The number of hydrogen-bond donors (Lipinski definition) is 0. The molecule has 0 fully saturated rings. The Bertz CT molecular complexity index is 3590. The molecule has 12 rings (SSSR count). The fourth-order valence-electron chi connectivity index (χ4n) is 9.17. The highest BCUT2D eigenvalue weighted by Crippen LogP contribution is 2.47. The van der Waals surface area contributed by atoms with Crippen LogP contribution in [0.15, 0.2) is 224 Å². The molecule has 290 valence electrons. The van der Waals surface area contributed by atoms with Crippen LogP contribution in [0.25, 0.3) is 111 Å². The van der Waals surface area contributed by atoms with Gasteiger partial charge in [0, 0.05) is 43.9 Å². The van der Waals surface area contributed by atoms with Crippen LogP contribution in [0.5, 0.6) is 0 Å². The van der Waals surface area contributed by atoms with Crippen molar-refractivity contribution >= 4 is 43.6 Å². The van der Waals surface area contributed by atoms with Crippen LogP contribution in [-0.2, 0) is 0 Å². The summed E-state index contributed by atoms with van der Waals surface area (Å²) in [5.74, 6) is 1.77. The first-order valence-electron chi connectivity index (χ1n) is 21.0. The molecule has 0 saturated heterocycles. The average molecular weight is 792 g/mol. The van der Waals surface area contributed by atoms with Gasteiger partial charge in [-0.3, -0.25) is 4.57 Å². The molecule has 9 aromatic carbocycles. The van der Waals surface area contributed by atoms with Crippen LogP contribution in [0.1, 0.15) is 0 Å². The van der Waals surface area contributed by atoms with Gasteiger partial charge in [0.15, 0.2) is 11.6 Å². The summed E-state index contributed by atoms with van der Waals surface area (Å²) in [6.45, 7) is 0. The van der Waals surface area contributed by atoms with Gasteiger partial charge in [-0.2, -0.15) is 9.97 Å². The largest absolute Gasteiger partial charge is 0.309 e. The summed E-state index contributed by atoms with van der Waals surface area (Å²) in [4.78, 5) is 15.8. The number of fused-ring (bicyclic) bond motifs is 6. The molecule has 12 aromatic rings. The molecule has 5 heteroatoms. The van der Waals surface area contributed by atoms with E-state index in [-0.39, 0.29) is 0 Å². The molecule has 0 aliphatic rings. The van der Waals surface area contributed by atoms with Gasteiger partial charge in [0.25, 0.3) is 0 Å². The Morgan fingerprint density at radius 2 is 0.694 bits per heavy atom. The van der Waals surface area contributed by atoms with Gasteiger partial charge in [0.1, 0.15) is 0 Å². The van der Waals surface area contributed by atoms with Crippen molar-refractivity contribution in [3.63, 3.8) is 0 Å². The van der Waals surface area contributed by atoms with Crippen molar-refractivity contribution in [2.45, 2.75) is 0 Å². The van der Waals surface area contributed by atoms with Crippen molar-refractivity contribution in [1.29, 1.82) is 0 Å². The van der Waals surface area contributed by atoms with Crippen molar-refractivity contribution in [1.82, 2.24) is 24.1 Å². The van der Waals surface area contributed by atoms with Crippen LogP contribution >= 0.6 is 0 Å². The Morgan fingerprint density at radius 3 is 1.29 bits per heavy atom. The number of benzene rings is 9. The van der Waals surface area contributed by atoms with Gasteiger partial charge in [-0.05, 0) is 58.1 Å². The summed E-state index contributed by atoms with van der Waals surface area (Å²) in [6, 6.07) is 79.3. The smallest absolute Gasteiger partial charge is 0.238 e. The quantitative estimate of drug-likeness (QED) is 0.162. The molecule has 62 heavy (non-hydrogen) atoms. The maximum absolute atomic E-state index is 5.36. The van der Waals surface area contributed by atoms with E-state index in [0.717, 1.165) is 71.9 Å². The maximum Gasteiger partial charge on any atom is 0.238 e. The Labute approximate surface area is 358 Å². The fraction of sp³-hybridized carbons (Fsp3) is 0. The molecule has 0 radical (unpaired) electrons. The molecule has 0 N–H and O–H groups in total. The normalized spacial score (nSPS) is 11.5. The molecule has 0 unspecified atom stereocenters. The third kappa shape index (κ3) is 5.90. The minimum atomic E-state index is 0.555. The molecule has 0 spiro atoms. The highest BCUT2D eigenvalue weighted by molar-refractivity contribution is 6.28. The average Bonchev–Trinajstić information content (AvgIpc) is 3.87. The van der Waals surface area contributed by atoms with Gasteiger partial charge >= 0.3 is 0 Å². The Kier molecular flexibility index (Phi) is 8.42. The summed E-state index contributed by atoms with van der Waals surface area (Å²) in [7, 11) is 0. The molecule has 0 aliphatic carbocycles. The Morgan fingerprint density at radius 1 is 0.274 bits per heavy atom. The van der Waals surface area contributed by atoms with Crippen molar-refractivity contribution < 1.29 is 0 Å². The van der Waals surface area contributed by atoms with E-state index in [4.69, 9.17) is 15.0 Å². The molecular formula is C57H37N5. The van der Waals surface area contributed by atoms with Gasteiger partial charge in [0.2, 0.25) is 5.95 Å². The summed E-state index contributed by atoms with van der Waals surface area (Å²) in [6.07, 6.45) is 0. The lowest BCUT2D eigenvalue weighted by molar-refractivity contribution is 0.953. The van der Waals surface area contributed by atoms with Crippen molar-refractivity contribution in [3.8, 4) is 67.8 Å². The molecule has 3 heterocycles. The van der Waals surface area contributed by atoms with Crippen LogP contribution < -0.4 is 0 Å². The minimum absolute atomic E-state index is 0.555. The van der Waals surface area contributed by atoms with E-state index in [9.17, 15) is 0 Å². The van der Waals surface area contributed by atoms with Crippen LogP contribution in [0.3, 0.4) is 0 Å². The molecule has 0 saturated carbocycles. The lowest BCUT2D eigenvalue weighted by Gasteiger charge is -2.14. The Hall–Kier alpha value is -8.41.